The summed E-state index contributed by atoms with van der Waals surface area (Å²) >= 11 is 0. The van der Waals surface area contributed by atoms with E-state index in [0.29, 0.717) is 6.54 Å². The molecule has 0 saturated carbocycles. The van der Waals surface area contributed by atoms with Crippen LogP contribution in [0.5, 0.6) is 0 Å². The molecule has 3 nitrogen and oxygen atoms in total. The summed E-state index contributed by atoms with van der Waals surface area (Å²) in [5.74, 6) is 0.154. The molecule has 14 heavy (non-hydrogen) atoms. The highest BCUT2D eigenvalue weighted by molar-refractivity contribution is 5.83. The maximum absolute atomic E-state index is 11.6. The Morgan fingerprint density at radius 1 is 1.29 bits per heavy atom. The van der Waals surface area contributed by atoms with Crippen LogP contribution in [0, 0.1) is 5.41 Å². The highest BCUT2D eigenvalue weighted by Gasteiger charge is 2.20. The normalized spacial score (nSPS) is 11.4. The molecule has 1 aromatic rings. The van der Waals surface area contributed by atoms with Crippen LogP contribution in [0.3, 0.4) is 0 Å². The van der Waals surface area contributed by atoms with Gasteiger partial charge in [0.1, 0.15) is 0 Å². The van der Waals surface area contributed by atoms with E-state index in [1.165, 1.54) is 12.1 Å². The minimum atomic E-state index is -0.330. The molecule has 3 heteroatoms. The predicted octanol–water partition coefficient (Wildman–Crippen LogP) is 1.46. The van der Waals surface area contributed by atoms with Crippen molar-refractivity contribution >= 4 is 5.78 Å². The van der Waals surface area contributed by atoms with Gasteiger partial charge in [0.05, 0.1) is 6.54 Å². The van der Waals surface area contributed by atoms with E-state index in [1.54, 1.807) is 17.0 Å². The Morgan fingerprint density at radius 3 is 2.21 bits per heavy atom. The minimum absolute atomic E-state index is 0.0375. The van der Waals surface area contributed by atoms with Gasteiger partial charge in [-0.05, 0) is 0 Å². The molecular weight excluding hydrogens is 178 g/mol. The Bertz CT molecular complexity index is 365. The van der Waals surface area contributed by atoms with Gasteiger partial charge in [0.25, 0.3) is 0 Å². The number of carbonyl (C=O) groups excluding carboxylic acids is 1. The number of hydrogen-bond acceptors (Lipinski definition) is 2. The van der Waals surface area contributed by atoms with Crippen molar-refractivity contribution in [2.45, 2.75) is 27.3 Å². The molecule has 0 unspecified atom stereocenters. The molecule has 0 amide bonds. The van der Waals surface area contributed by atoms with Crippen LogP contribution >= 0.6 is 0 Å². The molecule has 1 rings (SSSR count). The lowest BCUT2D eigenvalue weighted by Gasteiger charge is -2.17. The van der Waals surface area contributed by atoms with Crippen molar-refractivity contribution in [1.29, 1.82) is 0 Å². The van der Waals surface area contributed by atoms with Crippen molar-refractivity contribution < 1.29 is 4.79 Å². The second kappa shape index (κ2) is 3.78. The number of Topliss-reactive ketones (excluding diaryl/α,β-unsaturated/α-hetero) is 1. The van der Waals surface area contributed by atoms with E-state index >= 15 is 0 Å². The number of ketones is 1. The first-order valence-corrected chi connectivity index (χ1v) is 4.59. The average Bonchev–Trinajstić information content (AvgIpc) is 2.07. The molecule has 0 saturated heterocycles. The highest BCUT2D eigenvalue weighted by Crippen LogP contribution is 2.15. The van der Waals surface area contributed by atoms with Crippen LogP contribution < -0.4 is 5.43 Å². The van der Waals surface area contributed by atoms with E-state index in [4.69, 9.17) is 0 Å². The summed E-state index contributed by atoms with van der Waals surface area (Å²) in [7, 11) is 0. The molecule has 1 aromatic heterocycles. The maximum Gasteiger partial charge on any atom is 0.181 e. The summed E-state index contributed by atoms with van der Waals surface area (Å²) in [5, 5.41) is 0. The van der Waals surface area contributed by atoms with Gasteiger partial charge in [-0.15, -0.1) is 0 Å². The molecule has 0 fully saturated rings. The Balaban J connectivity index is 2.75. The monoisotopic (exact) mass is 193 g/mol. The number of carbonyl (C=O) groups is 1. The largest absolute Gasteiger partial charge is 0.347 e. The van der Waals surface area contributed by atoms with E-state index in [-0.39, 0.29) is 16.6 Å². The standard InChI is InChI=1S/C11H15NO2/c1-11(2,3)10(14)8-12-6-4-9(13)5-7-12/h4-7H,8H2,1-3H3. The van der Waals surface area contributed by atoms with Crippen LogP contribution in [-0.4, -0.2) is 10.4 Å². The fourth-order valence-corrected chi connectivity index (χ4v) is 0.952. The molecule has 0 aliphatic rings. The molecule has 0 spiro atoms. The second-order valence-electron chi connectivity index (χ2n) is 4.38. The number of rotatable bonds is 2. The van der Waals surface area contributed by atoms with Crippen molar-refractivity contribution in [3.63, 3.8) is 0 Å². The Labute approximate surface area is 83.4 Å². The minimum Gasteiger partial charge on any atom is -0.347 e. The number of pyridine rings is 1. The SMILES string of the molecule is CC(C)(C)C(=O)Cn1ccc(=O)cc1. The van der Waals surface area contributed by atoms with Gasteiger partial charge in [-0.3, -0.25) is 9.59 Å². The van der Waals surface area contributed by atoms with Gasteiger partial charge in [-0.25, -0.2) is 0 Å². The number of hydrogen-bond donors (Lipinski definition) is 0. The van der Waals surface area contributed by atoms with Crippen molar-refractivity contribution in [2.24, 2.45) is 5.41 Å². The maximum atomic E-state index is 11.6. The lowest BCUT2D eigenvalue weighted by molar-refractivity contribution is -0.126. The topological polar surface area (TPSA) is 39.1 Å². The summed E-state index contributed by atoms with van der Waals surface area (Å²) < 4.78 is 1.72. The van der Waals surface area contributed by atoms with Gasteiger partial charge in [0.15, 0.2) is 11.2 Å². The van der Waals surface area contributed by atoms with Crippen LogP contribution in [0.15, 0.2) is 29.3 Å². The molecule has 0 N–H and O–H groups in total. The zero-order valence-corrected chi connectivity index (χ0v) is 8.78. The number of aromatic nitrogens is 1. The van der Waals surface area contributed by atoms with Gasteiger partial charge in [-0.1, -0.05) is 20.8 Å². The van der Waals surface area contributed by atoms with Crippen molar-refractivity contribution in [3.8, 4) is 0 Å². The molecule has 0 aliphatic heterocycles. The first-order valence-electron chi connectivity index (χ1n) is 4.59. The van der Waals surface area contributed by atoms with Crippen LogP contribution in [0.1, 0.15) is 20.8 Å². The molecular formula is C11H15NO2. The molecule has 0 bridgehead atoms. The van der Waals surface area contributed by atoms with E-state index in [2.05, 4.69) is 0 Å². The van der Waals surface area contributed by atoms with Gasteiger partial charge in [0.2, 0.25) is 0 Å². The van der Waals surface area contributed by atoms with Gasteiger partial charge in [-0.2, -0.15) is 0 Å². The van der Waals surface area contributed by atoms with Crippen molar-refractivity contribution in [1.82, 2.24) is 4.57 Å². The van der Waals surface area contributed by atoms with E-state index in [0.717, 1.165) is 0 Å². The van der Waals surface area contributed by atoms with Gasteiger partial charge >= 0.3 is 0 Å². The third-order valence-corrected chi connectivity index (χ3v) is 2.02. The Kier molecular flexibility index (Phi) is 2.89. The quantitative estimate of drug-likeness (QED) is 0.713. The summed E-state index contributed by atoms with van der Waals surface area (Å²) in [6, 6.07) is 2.91. The fraction of sp³-hybridized carbons (Fsp3) is 0.455. The van der Waals surface area contributed by atoms with Crippen LogP contribution in [0.2, 0.25) is 0 Å². The lowest BCUT2D eigenvalue weighted by Crippen LogP contribution is -2.25. The summed E-state index contributed by atoms with van der Waals surface area (Å²) in [6.07, 6.45) is 3.26. The van der Waals surface area contributed by atoms with Crippen LogP contribution in [0.4, 0.5) is 0 Å². The first-order chi connectivity index (χ1) is 6.39. The van der Waals surface area contributed by atoms with Gasteiger partial charge < -0.3 is 4.57 Å². The molecule has 0 aliphatic carbocycles. The zero-order chi connectivity index (χ0) is 10.8. The van der Waals surface area contributed by atoms with Gasteiger partial charge in [0, 0.05) is 29.9 Å². The highest BCUT2D eigenvalue weighted by atomic mass is 16.1. The smallest absolute Gasteiger partial charge is 0.181 e. The van der Waals surface area contributed by atoms with E-state index in [9.17, 15) is 9.59 Å². The fourth-order valence-electron chi connectivity index (χ4n) is 0.952. The third-order valence-electron chi connectivity index (χ3n) is 2.02. The molecule has 1 heterocycles. The Hall–Kier alpha value is -1.38. The summed E-state index contributed by atoms with van der Waals surface area (Å²) in [4.78, 5) is 22.4. The molecule has 76 valence electrons. The molecule has 0 atom stereocenters. The molecule has 0 radical (unpaired) electrons. The zero-order valence-electron chi connectivity index (χ0n) is 8.78. The van der Waals surface area contributed by atoms with Crippen LogP contribution in [0.25, 0.3) is 0 Å². The summed E-state index contributed by atoms with van der Waals surface area (Å²) in [6.45, 7) is 5.98. The predicted molar refractivity (Wildman–Crippen MR) is 55.2 cm³/mol. The van der Waals surface area contributed by atoms with Crippen LogP contribution in [-0.2, 0) is 11.3 Å². The lowest BCUT2D eigenvalue weighted by atomic mass is 9.91. The van der Waals surface area contributed by atoms with Crippen molar-refractivity contribution in [3.05, 3.63) is 34.7 Å². The van der Waals surface area contributed by atoms with E-state index < -0.39 is 0 Å². The molecule has 0 aromatic carbocycles. The first kappa shape index (κ1) is 10.7. The summed E-state index contributed by atoms with van der Waals surface area (Å²) in [5.41, 5.74) is -0.368. The third kappa shape index (κ3) is 2.83. The van der Waals surface area contributed by atoms with Crippen molar-refractivity contribution in [2.75, 3.05) is 0 Å². The van der Waals surface area contributed by atoms with E-state index in [1.807, 2.05) is 20.8 Å². The second-order valence-corrected chi connectivity index (χ2v) is 4.38. The number of nitrogens with zero attached hydrogens (tertiary/aromatic N) is 1. The average molecular weight is 193 g/mol. The Morgan fingerprint density at radius 2 is 1.79 bits per heavy atom.